The SMILES string of the molecule is CCNc1nc(-c2csc(C)n2)nc(C(C)(C)C)c1I. The summed E-state index contributed by atoms with van der Waals surface area (Å²) in [4.78, 5) is 13.9. The number of anilines is 1. The zero-order valence-electron chi connectivity index (χ0n) is 12.4. The van der Waals surface area contributed by atoms with E-state index in [1.165, 1.54) is 0 Å². The van der Waals surface area contributed by atoms with Crippen LogP contribution < -0.4 is 5.32 Å². The third-order valence-electron chi connectivity index (χ3n) is 2.75. The molecular formula is C14H19IN4S. The number of thiazole rings is 1. The van der Waals surface area contributed by atoms with E-state index < -0.39 is 0 Å². The lowest BCUT2D eigenvalue weighted by atomic mass is 9.92. The van der Waals surface area contributed by atoms with Gasteiger partial charge in [-0.3, -0.25) is 0 Å². The Morgan fingerprint density at radius 3 is 2.45 bits per heavy atom. The maximum absolute atomic E-state index is 4.76. The average Bonchev–Trinajstić information content (AvgIpc) is 2.77. The molecule has 0 saturated heterocycles. The van der Waals surface area contributed by atoms with E-state index in [0.717, 1.165) is 32.3 Å². The predicted octanol–water partition coefficient (Wildman–Crippen LogP) is 4.24. The number of rotatable bonds is 3. The minimum atomic E-state index is -0.0244. The van der Waals surface area contributed by atoms with Crippen molar-refractivity contribution >= 4 is 39.7 Å². The van der Waals surface area contributed by atoms with Gasteiger partial charge < -0.3 is 5.32 Å². The standard InChI is InChI=1S/C14H19IN4S/c1-6-16-13-10(15)11(14(3,4)5)18-12(19-13)9-7-20-8(2)17-9/h7H,6H2,1-5H3,(H,16,18,19). The lowest BCUT2D eigenvalue weighted by Gasteiger charge is -2.21. The van der Waals surface area contributed by atoms with E-state index in [1.807, 2.05) is 12.3 Å². The quantitative estimate of drug-likeness (QED) is 0.781. The summed E-state index contributed by atoms with van der Waals surface area (Å²) in [6.45, 7) is 11.4. The van der Waals surface area contributed by atoms with Crippen molar-refractivity contribution in [1.29, 1.82) is 0 Å². The van der Waals surface area contributed by atoms with Gasteiger partial charge in [-0.25, -0.2) is 15.0 Å². The van der Waals surface area contributed by atoms with Gasteiger partial charge in [-0.1, -0.05) is 20.8 Å². The molecule has 1 N–H and O–H groups in total. The van der Waals surface area contributed by atoms with Crippen LogP contribution in [0.3, 0.4) is 0 Å². The average molecular weight is 402 g/mol. The first-order valence-electron chi connectivity index (χ1n) is 6.57. The highest BCUT2D eigenvalue weighted by molar-refractivity contribution is 14.1. The van der Waals surface area contributed by atoms with E-state index in [9.17, 15) is 0 Å². The largest absolute Gasteiger partial charge is 0.369 e. The molecule has 2 heterocycles. The van der Waals surface area contributed by atoms with Crippen molar-refractivity contribution in [2.45, 2.75) is 40.0 Å². The second kappa shape index (κ2) is 5.93. The third-order valence-corrected chi connectivity index (χ3v) is 4.55. The Balaban J connectivity index is 2.61. The first kappa shape index (κ1) is 15.6. The van der Waals surface area contributed by atoms with Crippen LogP contribution in [0.4, 0.5) is 5.82 Å². The van der Waals surface area contributed by atoms with E-state index in [2.05, 4.69) is 65.6 Å². The van der Waals surface area contributed by atoms with Gasteiger partial charge in [0.15, 0.2) is 5.82 Å². The van der Waals surface area contributed by atoms with Crippen molar-refractivity contribution < 1.29 is 0 Å². The molecule has 0 unspecified atom stereocenters. The van der Waals surface area contributed by atoms with Crippen LogP contribution in [-0.4, -0.2) is 21.5 Å². The van der Waals surface area contributed by atoms with Crippen molar-refractivity contribution in [1.82, 2.24) is 15.0 Å². The molecule has 20 heavy (non-hydrogen) atoms. The van der Waals surface area contributed by atoms with Gasteiger partial charge in [-0.2, -0.15) is 0 Å². The molecule has 2 aromatic heterocycles. The number of hydrogen-bond acceptors (Lipinski definition) is 5. The zero-order chi connectivity index (χ0) is 14.9. The van der Waals surface area contributed by atoms with Crippen LogP contribution in [0, 0.1) is 10.5 Å². The lowest BCUT2D eigenvalue weighted by molar-refractivity contribution is 0.564. The summed E-state index contributed by atoms with van der Waals surface area (Å²) < 4.78 is 1.09. The highest BCUT2D eigenvalue weighted by Gasteiger charge is 2.24. The fourth-order valence-corrected chi connectivity index (χ4v) is 3.64. The predicted molar refractivity (Wildman–Crippen MR) is 93.5 cm³/mol. The van der Waals surface area contributed by atoms with Crippen molar-refractivity contribution in [3.05, 3.63) is 19.7 Å². The molecule has 0 saturated carbocycles. The van der Waals surface area contributed by atoms with Gasteiger partial charge in [0.25, 0.3) is 0 Å². The molecule has 0 amide bonds. The molecule has 0 spiro atoms. The molecule has 6 heteroatoms. The van der Waals surface area contributed by atoms with Crippen LogP contribution in [0.2, 0.25) is 0 Å². The highest BCUT2D eigenvalue weighted by Crippen LogP contribution is 2.31. The normalized spacial score (nSPS) is 11.7. The Bertz CT molecular complexity index is 616. The highest BCUT2D eigenvalue weighted by atomic mass is 127. The van der Waals surface area contributed by atoms with E-state index in [4.69, 9.17) is 4.98 Å². The summed E-state index contributed by atoms with van der Waals surface area (Å²) in [5.74, 6) is 1.60. The molecule has 0 radical (unpaired) electrons. The van der Waals surface area contributed by atoms with E-state index in [-0.39, 0.29) is 5.41 Å². The smallest absolute Gasteiger partial charge is 0.181 e. The number of halogens is 1. The second-order valence-electron chi connectivity index (χ2n) is 5.59. The minimum absolute atomic E-state index is 0.0244. The molecule has 0 fully saturated rings. The van der Waals surface area contributed by atoms with Crippen LogP contribution in [-0.2, 0) is 5.41 Å². The summed E-state index contributed by atoms with van der Waals surface area (Å²) in [6, 6.07) is 0. The van der Waals surface area contributed by atoms with E-state index in [0.29, 0.717) is 5.82 Å². The zero-order valence-corrected chi connectivity index (χ0v) is 15.4. The van der Waals surface area contributed by atoms with Gasteiger partial charge in [-0.05, 0) is 36.4 Å². The number of nitrogens with zero attached hydrogens (tertiary/aromatic N) is 3. The topological polar surface area (TPSA) is 50.7 Å². The fraction of sp³-hybridized carbons (Fsp3) is 0.500. The second-order valence-corrected chi connectivity index (χ2v) is 7.73. The number of aryl methyl sites for hydroxylation is 1. The first-order chi connectivity index (χ1) is 9.32. The molecule has 4 nitrogen and oxygen atoms in total. The van der Waals surface area contributed by atoms with Crippen LogP contribution in [0.5, 0.6) is 0 Å². The summed E-state index contributed by atoms with van der Waals surface area (Å²) in [5, 5.41) is 6.37. The van der Waals surface area contributed by atoms with Crippen molar-refractivity contribution in [2.75, 3.05) is 11.9 Å². The van der Waals surface area contributed by atoms with Crippen LogP contribution in [0.1, 0.15) is 38.4 Å². The molecular weight excluding hydrogens is 383 g/mol. The molecule has 0 bridgehead atoms. The van der Waals surface area contributed by atoms with E-state index >= 15 is 0 Å². The van der Waals surface area contributed by atoms with Crippen molar-refractivity contribution in [2.24, 2.45) is 0 Å². The summed E-state index contributed by atoms with van der Waals surface area (Å²) in [6.07, 6.45) is 0. The summed E-state index contributed by atoms with van der Waals surface area (Å²) >= 11 is 3.95. The molecule has 0 aliphatic rings. The summed E-state index contributed by atoms with van der Waals surface area (Å²) in [5.41, 5.74) is 1.89. The molecule has 0 atom stereocenters. The van der Waals surface area contributed by atoms with Gasteiger partial charge in [-0.15, -0.1) is 11.3 Å². The first-order valence-corrected chi connectivity index (χ1v) is 8.53. The van der Waals surface area contributed by atoms with Gasteiger partial charge in [0.2, 0.25) is 0 Å². The van der Waals surface area contributed by atoms with Crippen molar-refractivity contribution in [3.8, 4) is 11.5 Å². The Kier molecular flexibility index (Phi) is 4.63. The Hall–Kier alpha value is -0.760. The lowest BCUT2D eigenvalue weighted by Crippen LogP contribution is -2.19. The Morgan fingerprint density at radius 2 is 1.95 bits per heavy atom. The molecule has 0 aliphatic heterocycles. The molecule has 108 valence electrons. The van der Waals surface area contributed by atoms with Gasteiger partial charge >= 0.3 is 0 Å². The third kappa shape index (κ3) is 3.28. The Morgan fingerprint density at radius 1 is 1.25 bits per heavy atom. The maximum atomic E-state index is 4.76. The van der Waals surface area contributed by atoms with Crippen LogP contribution >= 0.6 is 33.9 Å². The number of aromatic nitrogens is 3. The van der Waals surface area contributed by atoms with Gasteiger partial charge in [0, 0.05) is 17.3 Å². The number of nitrogens with one attached hydrogen (secondary N) is 1. The van der Waals surface area contributed by atoms with Crippen molar-refractivity contribution in [3.63, 3.8) is 0 Å². The van der Waals surface area contributed by atoms with Gasteiger partial charge in [0.1, 0.15) is 11.5 Å². The minimum Gasteiger partial charge on any atom is -0.369 e. The molecule has 2 aromatic rings. The van der Waals surface area contributed by atoms with Gasteiger partial charge in [0.05, 0.1) is 14.3 Å². The molecule has 2 rings (SSSR count). The fourth-order valence-electron chi connectivity index (χ4n) is 1.81. The molecule has 0 aromatic carbocycles. The van der Waals surface area contributed by atoms with Crippen LogP contribution in [0.15, 0.2) is 5.38 Å². The monoisotopic (exact) mass is 402 g/mol. The Labute approximate surface area is 137 Å². The van der Waals surface area contributed by atoms with Crippen LogP contribution in [0.25, 0.3) is 11.5 Å². The summed E-state index contributed by atoms with van der Waals surface area (Å²) in [7, 11) is 0. The number of hydrogen-bond donors (Lipinski definition) is 1. The maximum Gasteiger partial charge on any atom is 0.181 e. The van der Waals surface area contributed by atoms with E-state index in [1.54, 1.807) is 11.3 Å². The molecule has 0 aliphatic carbocycles.